The molecule has 29 heavy (non-hydrogen) atoms. The molecule has 0 saturated heterocycles. The third-order valence-electron chi connectivity index (χ3n) is 5.56. The number of hydrogen-bond acceptors (Lipinski definition) is 4. The SMILES string of the molecule is O=C(C=CC1CCCCCC1)NCCNCCc1ccc(O)c2[nH]c(=O)ccc12. The van der Waals surface area contributed by atoms with Crippen molar-refractivity contribution in [1.29, 1.82) is 0 Å². The van der Waals surface area contributed by atoms with Gasteiger partial charge in [-0.25, -0.2) is 0 Å². The summed E-state index contributed by atoms with van der Waals surface area (Å²) in [7, 11) is 0. The minimum absolute atomic E-state index is 0.0236. The zero-order chi connectivity index (χ0) is 20.5. The lowest BCUT2D eigenvalue weighted by molar-refractivity contribution is -0.116. The van der Waals surface area contributed by atoms with Crippen molar-refractivity contribution < 1.29 is 9.90 Å². The minimum Gasteiger partial charge on any atom is -0.506 e. The number of carbonyl (C=O) groups excluding carboxylic acids is 1. The summed E-state index contributed by atoms with van der Waals surface area (Å²) in [6, 6.07) is 6.69. The highest BCUT2D eigenvalue weighted by Crippen LogP contribution is 2.25. The van der Waals surface area contributed by atoms with Crippen molar-refractivity contribution in [3.05, 3.63) is 52.3 Å². The van der Waals surface area contributed by atoms with Gasteiger partial charge in [-0.15, -0.1) is 0 Å². The predicted octanol–water partition coefficient (Wildman–Crippen LogP) is 3.01. The monoisotopic (exact) mass is 397 g/mol. The Kier molecular flexibility index (Phi) is 7.87. The molecule has 156 valence electrons. The van der Waals surface area contributed by atoms with E-state index < -0.39 is 0 Å². The number of allylic oxidation sites excluding steroid dienone is 1. The minimum atomic E-state index is -0.230. The maximum absolute atomic E-state index is 12.0. The Balaban J connectivity index is 1.37. The van der Waals surface area contributed by atoms with Gasteiger partial charge in [0.05, 0.1) is 5.52 Å². The number of benzene rings is 1. The molecule has 0 spiro atoms. The molecule has 0 bridgehead atoms. The molecule has 1 heterocycles. The number of nitrogens with one attached hydrogen (secondary N) is 3. The summed E-state index contributed by atoms with van der Waals surface area (Å²) < 4.78 is 0. The molecule has 2 aromatic rings. The topological polar surface area (TPSA) is 94.2 Å². The highest BCUT2D eigenvalue weighted by Gasteiger charge is 2.09. The summed E-state index contributed by atoms with van der Waals surface area (Å²) in [5.41, 5.74) is 1.30. The number of amides is 1. The zero-order valence-corrected chi connectivity index (χ0v) is 16.9. The number of aromatic hydroxyl groups is 1. The number of phenolic OH excluding ortho intramolecular Hbond substituents is 1. The average Bonchev–Trinajstić information content (AvgIpc) is 2.99. The van der Waals surface area contributed by atoms with Crippen molar-refractivity contribution >= 4 is 16.8 Å². The third kappa shape index (κ3) is 6.46. The maximum Gasteiger partial charge on any atom is 0.248 e. The Morgan fingerprint density at radius 1 is 1.07 bits per heavy atom. The van der Waals surface area contributed by atoms with E-state index in [2.05, 4.69) is 21.7 Å². The van der Waals surface area contributed by atoms with Crippen LogP contribution in [-0.4, -0.2) is 35.6 Å². The van der Waals surface area contributed by atoms with Crippen molar-refractivity contribution in [1.82, 2.24) is 15.6 Å². The first-order chi connectivity index (χ1) is 14.1. The van der Waals surface area contributed by atoms with Crippen LogP contribution in [0.15, 0.2) is 41.2 Å². The van der Waals surface area contributed by atoms with Gasteiger partial charge < -0.3 is 20.7 Å². The molecule has 1 fully saturated rings. The van der Waals surface area contributed by atoms with E-state index in [0.29, 0.717) is 24.5 Å². The summed E-state index contributed by atoms with van der Waals surface area (Å²) in [4.78, 5) is 26.1. The number of phenols is 1. The van der Waals surface area contributed by atoms with Crippen LogP contribution in [0.5, 0.6) is 5.75 Å². The smallest absolute Gasteiger partial charge is 0.248 e. The molecular weight excluding hydrogens is 366 g/mol. The lowest BCUT2D eigenvalue weighted by Crippen LogP contribution is -2.31. The molecule has 0 unspecified atom stereocenters. The van der Waals surface area contributed by atoms with Crippen LogP contribution in [0.4, 0.5) is 0 Å². The van der Waals surface area contributed by atoms with Gasteiger partial charge in [0.2, 0.25) is 11.5 Å². The van der Waals surface area contributed by atoms with E-state index >= 15 is 0 Å². The van der Waals surface area contributed by atoms with Gasteiger partial charge in [0.25, 0.3) is 0 Å². The number of hydrogen-bond donors (Lipinski definition) is 4. The molecule has 6 heteroatoms. The van der Waals surface area contributed by atoms with E-state index in [1.807, 2.05) is 6.07 Å². The number of fused-ring (bicyclic) bond motifs is 1. The summed E-state index contributed by atoms with van der Waals surface area (Å²) in [6.07, 6.45) is 12.1. The fourth-order valence-electron chi connectivity index (χ4n) is 3.92. The molecule has 0 atom stereocenters. The van der Waals surface area contributed by atoms with Gasteiger partial charge in [-0.1, -0.05) is 37.8 Å². The molecular formula is C23H31N3O3. The van der Waals surface area contributed by atoms with Crippen molar-refractivity contribution in [3.8, 4) is 5.75 Å². The molecule has 1 aliphatic rings. The first kappa shape index (κ1) is 21.1. The summed E-state index contributed by atoms with van der Waals surface area (Å²) in [5, 5.41) is 17.0. The maximum atomic E-state index is 12.0. The number of pyridine rings is 1. The van der Waals surface area contributed by atoms with Crippen LogP contribution in [-0.2, 0) is 11.2 Å². The first-order valence-corrected chi connectivity index (χ1v) is 10.6. The normalized spacial score (nSPS) is 15.6. The molecule has 0 aliphatic heterocycles. The van der Waals surface area contributed by atoms with E-state index in [-0.39, 0.29) is 17.2 Å². The van der Waals surface area contributed by atoms with E-state index in [9.17, 15) is 14.7 Å². The van der Waals surface area contributed by atoms with Crippen LogP contribution in [0.1, 0.15) is 44.1 Å². The van der Waals surface area contributed by atoms with Crippen LogP contribution >= 0.6 is 0 Å². The molecule has 6 nitrogen and oxygen atoms in total. The van der Waals surface area contributed by atoms with Crippen molar-refractivity contribution in [3.63, 3.8) is 0 Å². The number of rotatable bonds is 8. The lowest BCUT2D eigenvalue weighted by Gasteiger charge is -2.09. The molecule has 1 aliphatic carbocycles. The van der Waals surface area contributed by atoms with Gasteiger partial charge in [0, 0.05) is 24.5 Å². The van der Waals surface area contributed by atoms with Crippen molar-refractivity contribution in [2.45, 2.75) is 44.9 Å². The second-order valence-corrected chi connectivity index (χ2v) is 7.76. The third-order valence-corrected chi connectivity index (χ3v) is 5.56. The van der Waals surface area contributed by atoms with Crippen LogP contribution in [0.2, 0.25) is 0 Å². The number of aromatic amines is 1. The van der Waals surface area contributed by atoms with Gasteiger partial charge >= 0.3 is 0 Å². The lowest BCUT2D eigenvalue weighted by atomic mass is 10.00. The van der Waals surface area contributed by atoms with Crippen molar-refractivity contribution in [2.75, 3.05) is 19.6 Å². The Labute approximate surface area is 171 Å². The summed E-state index contributed by atoms with van der Waals surface area (Å²) >= 11 is 0. The van der Waals surface area contributed by atoms with E-state index in [4.69, 9.17) is 0 Å². The Morgan fingerprint density at radius 2 is 1.86 bits per heavy atom. The van der Waals surface area contributed by atoms with Gasteiger partial charge in [-0.3, -0.25) is 9.59 Å². The number of aromatic nitrogens is 1. The van der Waals surface area contributed by atoms with Crippen molar-refractivity contribution in [2.24, 2.45) is 5.92 Å². The predicted molar refractivity (Wildman–Crippen MR) is 116 cm³/mol. The fraction of sp³-hybridized carbons (Fsp3) is 0.478. The molecule has 1 aromatic heterocycles. The highest BCUT2D eigenvalue weighted by atomic mass is 16.3. The number of H-pyrrole nitrogens is 1. The van der Waals surface area contributed by atoms with Crippen LogP contribution < -0.4 is 16.2 Å². The van der Waals surface area contributed by atoms with Gasteiger partial charge in [-0.05, 0) is 55.5 Å². The van der Waals surface area contributed by atoms with E-state index in [1.54, 1.807) is 18.2 Å². The van der Waals surface area contributed by atoms with Crippen LogP contribution in [0.3, 0.4) is 0 Å². The Hall–Kier alpha value is -2.60. The second kappa shape index (κ2) is 10.8. The Bertz CT molecular complexity index is 896. The Morgan fingerprint density at radius 3 is 2.66 bits per heavy atom. The zero-order valence-electron chi connectivity index (χ0n) is 16.9. The van der Waals surface area contributed by atoms with E-state index in [0.717, 1.165) is 23.9 Å². The second-order valence-electron chi connectivity index (χ2n) is 7.76. The molecule has 1 aromatic carbocycles. The summed E-state index contributed by atoms with van der Waals surface area (Å²) in [6.45, 7) is 2.01. The molecule has 0 radical (unpaired) electrons. The number of carbonyl (C=O) groups is 1. The van der Waals surface area contributed by atoms with Gasteiger partial charge in [0.15, 0.2) is 0 Å². The fourth-order valence-corrected chi connectivity index (χ4v) is 3.92. The van der Waals surface area contributed by atoms with Crippen LogP contribution in [0.25, 0.3) is 10.9 Å². The standard InChI is InChI=1S/C23H31N3O3/c27-20-10-8-18(19-9-12-22(29)26-23(19)20)13-14-24-15-16-25-21(28)11-7-17-5-3-1-2-4-6-17/h7-12,17,24,27H,1-6,13-16H2,(H,25,28)(H,26,29). The first-order valence-electron chi connectivity index (χ1n) is 10.6. The molecule has 3 rings (SSSR count). The van der Waals surface area contributed by atoms with E-state index in [1.165, 1.54) is 44.6 Å². The summed E-state index contributed by atoms with van der Waals surface area (Å²) in [5.74, 6) is 0.606. The molecule has 1 saturated carbocycles. The molecule has 4 N–H and O–H groups in total. The molecule has 1 amide bonds. The quantitative estimate of drug-likeness (QED) is 0.313. The average molecular weight is 398 g/mol. The van der Waals surface area contributed by atoms with Gasteiger partial charge in [-0.2, -0.15) is 0 Å². The van der Waals surface area contributed by atoms with Crippen LogP contribution in [0, 0.1) is 5.92 Å². The highest BCUT2D eigenvalue weighted by molar-refractivity contribution is 5.87. The largest absolute Gasteiger partial charge is 0.506 e. The van der Waals surface area contributed by atoms with Gasteiger partial charge in [0.1, 0.15) is 5.75 Å².